The maximum atomic E-state index is 13.3. The summed E-state index contributed by atoms with van der Waals surface area (Å²) in [7, 11) is 0. The minimum atomic E-state index is -1.78. The predicted molar refractivity (Wildman–Crippen MR) is 337 cm³/mol. The highest BCUT2D eigenvalue weighted by molar-refractivity contribution is 5.76. The van der Waals surface area contributed by atoms with Gasteiger partial charge in [0, 0.05) is 6.42 Å². The van der Waals surface area contributed by atoms with E-state index in [2.05, 4.69) is 19.2 Å². The second-order valence-electron chi connectivity index (χ2n) is 25.7. The summed E-state index contributed by atoms with van der Waals surface area (Å²) in [6, 6.07) is -0.824. The van der Waals surface area contributed by atoms with Crippen LogP contribution in [0.15, 0.2) is 0 Å². The third-order valence-corrected chi connectivity index (χ3v) is 18.1. The van der Waals surface area contributed by atoms with Crippen molar-refractivity contribution in [2.24, 2.45) is 0 Å². The minimum Gasteiger partial charge on any atom is -0.394 e. The molecule has 0 bridgehead atoms. The van der Waals surface area contributed by atoms with Crippen molar-refractivity contribution in [1.29, 1.82) is 0 Å². The van der Waals surface area contributed by atoms with Crippen molar-refractivity contribution in [2.75, 3.05) is 19.8 Å². The maximum Gasteiger partial charge on any atom is 0.220 e. The van der Waals surface area contributed by atoms with Gasteiger partial charge in [0.2, 0.25) is 5.91 Å². The lowest BCUT2D eigenvalue weighted by atomic mass is 9.97. The van der Waals surface area contributed by atoms with Gasteiger partial charge in [-0.15, -0.1) is 0 Å². The fourth-order valence-corrected chi connectivity index (χ4v) is 12.4. The fraction of sp³-hybridized carbons (Fsp3) is 0.986. The molecule has 2 aliphatic rings. The molecule has 2 rings (SSSR count). The summed E-state index contributed by atoms with van der Waals surface area (Å²) in [5, 5.41) is 87.6. The van der Waals surface area contributed by atoms with Crippen LogP contribution in [0.5, 0.6) is 0 Å². The average molecular weight is 1190 g/mol. The minimum absolute atomic E-state index is 0.197. The molecule has 2 saturated heterocycles. The number of ether oxygens (including phenoxy) is 4. The van der Waals surface area contributed by atoms with Crippen molar-refractivity contribution >= 4 is 5.91 Å². The Bertz CT molecular complexity index is 1400. The summed E-state index contributed by atoms with van der Waals surface area (Å²) in [5.41, 5.74) is 0. The van der Waals surface area contributed by atoms with Crippen molar-refractivity contribution in [3.05, 3.63) is 0 Å². The number of hydrogen-bond donors (Lipinski definition) is 9. The first-order valence-corrected chi connectivity index (χ1v) is 35.8. The van der Waals surface area contributed by atoms with Gasteiger partial charge in [-0.3, -0.25) is 4.79 Å². The number of carbonyl (C=O) groups is 1. The van der Waals surface area contributed by atoms with Crippen LogP contribution in [0, 0.1) is 0 Å². The van der Waals surface area contributed by atoms with E-state index in [4.69, 9.17) is 18.9 Å². The lowest BCUT2D eigenvalue weighted by molar-refractivity contribution is -0.359. The zero-order valence-electron chi connectivity index (χ0n) is 53.7. The van der Waals surface area contributed by atoms with Crippen LogP contribution >= 0.6 is 0 Å². The van der Waals surface area contributed by atoms with Crippen LogP contribution in [0.25, 0.3) is 0 Å². The molecule has 83 heavy (non-hydrogen) atoms. The molecule has 494 valence electrons. The molecule has 12 unspecified atom stereocenters. The highest BCUT2D eigenvalue weighted by Gasteiger charge is 2.51. The van der Waals surface area contributed by atoms with Crippen LogP contribution in [0.3, 0.4) is 0 Å². The maximum absolute atomic E-state index is 13.3. The van der Waals surface area contributed by atoms with Gasteiger partial charge in [0.25, 0.3) is 0 Å². The van der Waals surface area contributed by atoms with E-state index in [1.807, 2.05) is 0 Å². The van der Waals surface area contributed by atoms with Crippen molar-refractivity contribution in [3.63, 3.8) is 0 Å². The fourth-order valence-electron chi connectivity index (χ4n) is 12.4. The molecule has 14 heteroatoms. The van der Waals surface area contributed by atoms with E-state index in [1.54, 1.807) is 0 Å². The average Bonchev–Trinajstić information content (AvgIpc) is 3.64. The normalized spacial score (nSPS) is 23.7. The molecule has 0 aromatic rings. The molecule has 0 radical (unpaired) electrons. The summed E-state index contributed by atoms with van der Waals surface area (Å²) < 4.78 is 22.9. The molecule has 0 aromatic carbocycles. The quantitative estimate of drug-likeness (QED) is 0.0259. The Hall–Kier alpha value is -1.01. The lowest BCUT2D eigenvalue weighted by Crippen LogP contribution is -2.65. The standard InChI is InChI=1S/C69H135NO13/c1-3-5-7-9-11-13-15-17-19-21-23-24-25-26-27-28-29-30-31-32-33-34-35-37-39-41-43-45-47-49-51-53-61(74)70-57(58(73)52-50-48-46-44-42-40-38-36-22-20-18-16-14-12-10-8-6-4-2)56-80-68-66(79)64(77)67(60(55-72)82-68)83-69-65(78)63(76)62(75)59(54-71)81-69/h57-60,62-69,71-73,75-79H,3-56H2,1-2H3,(H,70,74). The number of amides is 1. The Morgan fingerprint density at radius 2 is 0.687 bits per heavy atom. The van der Waals surface area contributed by atoms with E-state index in [1.165, 1.54) is 263 Å². The summed E-state index contributed by atoms with van der Waals surface area (Å²) in [5.74, 6) is -0.197. The number of rotatable bonds is 60. The monoisotopic (exact) mass is 1190 g/mol. The molecule has 2 fully saturated rings. The Balaban J connectivity index is 1.62. The largest absolute Gasteiger partial charge is 0.394 e. The summed E-state index contributed by atoms with van der Waals surface area (Å²) >= 11 is 0. The van der Waals surface area contributed by atoms with E-state index in [9.17, 15) is 45.6 Å². The van der Waals surface area contributed by atoms with Crippen molar-refractivity contribution in [1.82, 2.24) is 5.32 Å². The first kappa shape index (κ1) is 78.1. The molecule has 0 spiro atoms. The Morgan fingerprint density at radius 1 is 0.386 bits per heavy atom. The van der Waals surface area contributed by atoms with Gasteiger partial charge in [-0.05, 0) is 12.8 Å². The molecule has 0 aliphatic carbocycles. The smallest absolute Gasteiger partial charge is 0.220 e. The third-order valence-electron chi connectivity index (χ3n) is 18.1. The number of nitrogens with one attached hydrogen (secondary N) is 1. The van der Waals surface area contributed by atoms with Crippen LogP contribution in [-0.4, -0.2) is 140 Å². The van der Waals surface area contributed by atoms with Crippen molar-refractivity contribution in [2.45, 2.75) is 415 Å². The van der Waals surface area contributed by atoms with Crippen molar-refractivity contribution in [3.8, 4) is 0 Å². The zero-order chi connectivity index (χ0) is 60.2. The number of unbranched alkanes of at least 4 members (excludes halogenated alkanes) is 47. The topological polar surface area (TPSA) is 228 Å². The molecule has 2 heterocycles. The van der Waals surface area contributed by atoms with Crippen LogP contribution in [0.2, 0.25) is 0 Å². The van der Waals surface area contributed by atoms with E-state index in [0.717, 1.165) is 51.4 Å². The van der Waals surface area contributed by atoms with E-state index in [-0.39, 0.29) is 12.5 Å². The summed E-state index contributed by atoms with van der Waals surface area (Å²) in [4.78, 5) is 13.3. The highest BCUT2D eigenvalue weighted by atomic mass is 16.7. The molecular weight excluding hydrogens is 1050 g/mol. The lowest BCUT2D eigenvalue weighted by Gasteiger charge is -2.46. The Kier molecular flexibility index (Phi) is 51.8. The molecule has 1 amide bonds. The Labute approximate surface area is 508 Å². The van der Waals surface area contributed by atoms with Crippen LogP contribution in [0.4, 0.5) is 0 Å². The van der Waals surface area contributed by atoms with Crippen molar-refractivity contribution < 1.29 is 64.6 Å². The zero-order valence-corrected chi connectivity index (χ0v) is 53.7. The second-order valence-corrected chi connectivity index (χ2v) is 25.7. The predicted octanol–water partition coefficient (Wildman–Crippen LogP) is 14.4. The number of hydrogen-bond acceptors (Lipinski definition) is 13. The van der Waals surface area contributed by atoms with Gasteiger partial charge in [-0.1, -0.05) is 322 Å². The van der Waals surface area contributed by atoms with Gasteiger partial charge >= 0.3 is 0 Å². The first-order valence-electron chi connectivity index (χ1n) is 35.8. The van der Waals surface area contributed by atoms with E-state index in [0.29, 0.717) is 12.8 Å². The van der Waals surface area contributed by atoms with Gasteiger partial charge in [0.05, 0.1) is 32.0 Å². The van der Waals surface area contributed by atoms with Gasteiger partial charge in [0.1, 0.15) is 48.8 Å². The first-order chi connectivity index (χ1) is 40.6. The third kappa shape index (κ3) is 39.6. The molecule has 14 nitrogen and oxygen atoms in total. The molecule has 0 saturated carbocycles. The molecular formula is C69H135NO13. The van der Waals surface area contributed by atoms with Gasteiger partial charge in [-0.2, -0.15) is 0 Å². The number of carbonyl (C=O) groups excluding carboxylic acids is 1. The van der Waals surface area contributed by atoms with Crippen LogP contribution in [-0.2, 0) is 23.7 Å². The van der Waals surface area contributed by atoms with E-state index >= 15 is 0 Å². The molecule has 2 aliphatic heterocycles. The second kappa shape index (κ2) is 55.1. The molecule has 9 N–H and O–H groups in total. The van der Waals surface area contributed by atoms with Gasteiger partial charge in [-0.25, -0.2) is 0 Å². The van der Waals surface area contributed by atoms with Gasteiger partial charge < -0.3 is 65.1 Å². The summed E-state index contributed by atoms with van der Waals surface area (Å²) in [6.07, 6.45) is 48.4. The number of aliphatic hydroxyl groups is 8. The number of aliphatic hydroxyl groups excluding tert-OH is 8. The Morgan fingerprint density at radius 3 is 1.02 bits per heavy atom. The highest BCUT2D eigenvalue weighted by Crippen LogP contribution is 2.30. The van der Waals surface area contributed by atoms with E-state index < -0.39 is 86.8 Å². The SMILES string of the molecule is CCCCCCCCCCCCCCCCCCCCCCCCCCCCCCCCCC(=O)NC(COC1OC(CO)C(OC2OC(CO)C(O)C(O)C2O)C(O)C1O)C(O)CCCCCCCCCCCCCCCCCCCC. The molecule has 0 aromatic heterocycles. The van der Waals surface area contributed by atoms with Gasteiger partial charge in [0.15, 0.2) is 12.6 Å². The van der Waals surface area contributed by atoms with Crippen LogP contribution < -0.4 is 5.32 Å². The summed E-state index contributed by atoms with van der Waals surface area (Å²) in [6.45, 7) is 2.93. The molecule has 12 atom stereocenters. The van der Waals surface area contributed by atoms with Crippen LogP contribution in [0.1, 0.15) is 341 Å².